The summed E-state index contributed by atoms with van der Waals surface area (Å²) in [6.45, 7) is 0. The number of benzene rings is 2. The molecule has 0 spiro atoms. The molecule has 0 saturated carbocycles. The van der Waals surface area contributed by atoms with Gasteiger partial charge in [-0.3, -0.25) is 10.1 Å². The van der Waals surface area contributed by atoms with E-state index < -0.39 is 4.92 Å². The van der Waals surface area contributed by atoms with Gasteiger partial charge >= 0.3 is 0 Å². The molecule has 4 heteroatoms. The zero-order chi connectivity index (χ0) is 13.0. The fraction of sp³-hybridized carbons (Fsp3) is 0. The van der Waals surface area contributed by atoms with Crippen molar-refractivity contribution < 1.29 is 9.66 Å². The molecule has 88 valence electrons. The smallest absolute Gasteiger partial charge is 0.273 e. The Bertz CT molecular complexity index is 629. The van der Waals surface area contributed by atoms with Crippen LogP contribution >= 0.6 is 0 Å². The normalized spacial score (nSPS) is 9.50. The van der Waals surface area contributed by atoms with Crippen molar-refractivity contribution in [2.75, 3.05) is 0 Å². The molecule has 0 radical (unpaired) electrons. The molecule has 0 bridgehead atoms. The first-order chi connectivity index (χ1) is 8.69. The fourth-order valence-electron chi connectivity index (χ4n) is 1.45. The van der Waals surface area contributed by atoms with Crippen LogP contribution in [-0.2, 0) is 0 Å². The van der Waals surface area contributed by atoms with Crippen molar-refractivity contribution in [1.82, 2.24) is 0 Å². The molecular formula is C14H9NO3. The highest BCUT2D eigenvalue weighted by Crippen LogP contribution is 2.25. The molecule has 2 aromatic carbocycles. The summed E-state index contributed by atoms with van der Waals surface area (Å²) in [6.07, 6.45) is 5.28. The van der Waals surface area contributed by atoms with E-state index >= 15 is 0 Å². The lowest BCUT2D eigenvalue weighted by atomic mass is 10.2. The zero-order valence-electron chi connectivity index (χ0n) is 9.37. The molecule has 0 aliphatic carbocycles. The summed E-state index contributed by atoms with van der Waals surface area (Å²) >= 11 is 0. The van der Waals surface area contributed by atoms with Gasteiger partial charge in [0.2, 0.25) is 0 Å². The van der Waals surface area contributed by atoms with Gasteiger partial charge in [-0.1, -0.05) is 18.1 Å². The van der Waals surface area contributed by atoms with Crippen LogP contribution in [0.4, 0.5) is 5.69 Å². The molecule has 0 saturated heterocycles. The van der Waals surface area contributed by atoms with Crippen LogP contribution in [0.3, 0.4) is 0 Å². The van der Waals surface area contributed by atoms with Crippen LogP contribution in [0.1, 0.15) is 5.56 Å². The average molecular weight is 239 g/mol. The summed E-state index contributed by atoms with van der Waals surface area (Å²) < 4.78 is 5.51. The Morgan fingerprint density at radius 3 is 2.44 bits per heavy atom. The highest BCUT2D eigenvalue weighted by atomic mass is 16.6. The van der Waals surface area contributed by atoms with E-state index in [0.717, 1.165) is 0 Å². The van der Waals surface area contributed by atoms with Crippen LogP contribution in [-0.4, -0.2) is 4.92 Å². The van der Waals surface area contributed by atoms with E-state index in [1.165, 1.54) is 12.1 Å². The summed E-state index contributed by atoms with van der Waals surface area (Å²) in [5.74, 6) is 3.44. The lowest BCUT2D eigenvalue weighted by molar-refractivity contribution is -0.384. The van der Waals surface area contributed by atoms with Crippen molar-refractivity contribution in [2.45, 2.75) is 0 Å². The topological polar surface area (TPSA) is 52.4 Å². The van der Waals surface area contributed by atoms with Crippen molar-refractivity contribution in [3.05, 3.63) is 64.2 Å². The fourth-order valence-corrected chi connectivity index (χ4v) is 1.45. The number of nitrogens with zero attached hydrogens (tertiary/aromatic N) is 1. The van der Waals surface area contributed by atoms with Gasteiger partial charge in [0.25, 0.3) is 5.69 Å². The first kappa shape index (κ1) is 11.7. The summed E-state index contributed by atoms with van der Waals surface area (Å²) in [4.78, 5) is 10.2. The monoisotopic (exact) mass is 239 g/mol. The Kier molecular flexibility index (Phi) is 3.26. The van der Waals surface area contributed by atoms with Gasteiger partial charge in [0, 0.05) is 11.6 Å². The van der Waals surface area contributed by atoms with Crippen LogP contribution in [0.5, 0.6) is 11.5 Å². The number of hydrogen-bond acceptors (Lipinski definition) is 3. The molecule has 0 aliphatic rings. The Labute approximate surface area is 104 Å². The first-order valence-corrected chi connectivity index (χ1v) is 5.18. The molecule has 2 aromatic rings. The maximum absolute atomic E-state index is 10.6. The molecule has 0 atom stereocenters. The second-order valence-corrected chi connectivity index (χ2v) is 3.53. The minimum Gasteiger partial charge on any atom is -0.457 e. The van der Waals surface area contributed by atoms with Crippen LogP contribution in [0.2, 0.25) is 0 Å². The third-order valence-electron chi connectivity index (χ3n) is 2.26. The largest absolute Gasteiger partial charge is 0.457 e. The van der Waals surface area contributed by atoms with Gasteiger partial charge in [0.1, 0.15) is 11.5 Å². The Morgan fingerprint density at radius 2 is 1.78 bits per heavy atom. The lowest BCUT2D eigenvalue weighted by Gasteiger charge is -2.05. The SMILES string of the molecule is C#Cc1cccc(Oc2cccc([N+](=O)[O-])c2)c1. The van der Waals surface area contributed by atoms with Gasteiger partial charge in [-0.15, -0.1) is 6.42 Å². The molecule has 18 heavy (non-hydrogen) atoms. The standard InChI is InChI=1S/C14H9NO3/c1-2-11-5-3-7-13(9-11)18-14-8-4-6-12(10-14)15(16)17/h1,3-10H. The van der Waals surface area contributed by atoms with Crippen molar-refractivity contribution >= 4 is 5.69 Å². The molecule has 0 heterocycles. The number of nitro groups is 1. The van der Waals surface area contributed by atoms with Crippen molar-refractivity contribution in [3.63, 3.8) is 0 Å². The third-order valence-corrected chi connectivity index (χ3v) is 2.26. The predicted molar refractivity (Wildman–Crippen MR) is 67.5 cm³/mol. The lowest BCUT2D eigenvalue weighted by Crippen LogP contribution is -1.89. The molecule has 0 N–H and O–H groups in total. The first-order valence-electron chi connectivity index (χ1n) is 5.18. The van der Waals surface area contributed by atoms with E-state index in [-0.39, 0.29) is 5.69 Å². The molecule has 0 fully saturated rings. The quantitative estimate of drug-likeness (QED) is 0.468. The average Bonchev–Trinajstić information content (AvgIpc) is 2.39. The maximum atomic E-state index is 10.6. The minimum atomic E-state index is -0.468. The maximum Gasteiger partial charge on any atom is 0.273 e. The second-order valence-electron chi connectivity index (χ2n) is 3.53. The van der Waals surface area contributed by atoms with Crippen molar-refractivity contribution in [3.8, 4) is 23.8 Å². The van der Waals surface area contributed by atoms with E-state index in [2.05, 4.69) is 5.92 Å². The molecule has 0 aliphatic heterocycles. The van der Waals surface area contributed by atoms with Gasteiger partial charge in [-0.25, -0.2) is 0 Å². The third kappa shape index (κ3) is 2.66. The molecular weight excluding hydrogens is 230 g/mol. The van der Waals surface area contributed by atoms with Crippen LogP contribution in [0.25, 0.3) is 0 Å². The van der Waals surface area contributed by atoms with E-state index in [0.29, 0.717) is 17.1 Å². The number of terminal acetylenes is 1. The number of ether oxygens (including phenoxy) is 1. The highest BCUT2D eigenvalue weighted by Gasteiger charge is 2.06. The van der Waals surface area contributed by atoms with Gasteiger partial charge in [-0.2, -0.15) is 0 Å². The summed E-state index contributed by atoms with van der Waals surface area (Å²) in [7, 11) is 0. The Morgan fingerprint density at radius 1 is 1.11 bits per heavy atom. The second kappa shape index (κ2) is 5.02. The van der Waals surface area contributed by atoms with E-state index in [4.69, 9.17) is 11.2 Å². The van der Waals surface area contributed by atoms with Gasteiger partial charge in [0.05, 0.1) is 11.0 Å². The van der Waals surface area contributed by atoms with Crippen LogP contribution < -0.4 is 4.74 Å². The minimum absolute atomic E-state index is 0.0133. The summed E-state index contributed by atoms with van der Waals surface area (Å²) in [5, 5.41) is 10.6. The molecule has 2 rings (SSSR count). The number of non-ortho nitro benzene ring substituents is 1. The molecule has 0 unspecified atom stereocenters. The van der Waals surface area contributed by atoms with Crippen molar-refractivity contribution in [2.24, 2.45) is 0 Å². The Balaban J connectivity index is 2.26. The van der Waals surface area contributed by atoms with E-state index in [1.807, 2.05) is 0 Å². The highest BCUT2D eigenvalue weighted by molar-refractivity contribution is 5.43. The van der Waals surface area contributed by atoms with Crippen LogP contribution in [0.15, 0.2) is 48.5 Å². The van der Waals surface area contributed by atoms with Crippen LogP contribution in [0, 0.1) is 22.5 Å². The number of nitro benzene ring substituents is 1. The molecule has 4 nitrogen and oxygen atoms in total. The van der Waals surface area contributed by atoms with Gasteiger partial charge in [-0.05, 0) is 24.3 Å². The van der Waals surface area contributed by atoms with E-state index in [9.17, 15) is 10.1 Å². The Hall–Kier alpha value is -2.80. The van der Waals surface area contributed by atoms with E-state index in [1.54, 1.807) is 36.4 Å². The number of hydrogen-bond donors (Lipinski definition) is 0. The number of rotatable bonds is 3. The zero-order valence-corrected chi connectivity index (χ0v) is 9.37. The van der Waals surface area contributed by atoms with Gasteiger partial charge < -0.3 is 4.74 Å². The molecule has 0 amide bonds. The summed E-state index contributed by atoms with van der Waals surface area (Å²) in [5.41, 5.74) is 0.679. The summed E-state index contributed by atoms with van der Waals surface area (Å²) in [6, 6.07) is 13.0. The van der Waals surface area contributed by atoms with Crippen molar-refractivity contribution in [1.29, 1.82) is 0 Å². The predicted octanol–water partition coefficient (Wildman–Crippen LogP) is 3.37. The molecule has 0 aromatic heterocycles. The van der Waals surface area contributed by atoms with Gasteiger partial charge in [0.15, 0.2) is 0 Å².